The van der Waals surface area contributed by atoms with Crippen LogP contribution in [0, 0.1) is 5.82 Å². The van der Waals surface area contributed by atoms with Gasteiger partial charge in [0.2, 0.25) is 0 Å². The van der Waals surface area contributed by atoms with E-state index >= 15 is 0 Å². The number of esters is 1. The van der Waals surface area contributed by atoms with Gasteiger partial charge in [0.15, 0.2) is 0 Å². The summed E-state index contributed by atoms with van der Waals surface area (Å²) in [6, 6.07) is 9.59. The number of ether oxygens (including phenoxy) is 1. The van der Waals surface area contributed by atoms with Crippen molar-refractivity contribution in [3.05, 3.63) is 64.6 Å². The molecule has 0 amide bonds. The highest BCUT2D eigenvalue weighted by Crippen LogP contribution is 2.25. The molecule has 0 saturated carbocycles. The van der Waals surface area contributed by atoms with Crippen LogP contribution < -0.4 is 5.73 Å². The van der Waals surface area contributed by atoms with E-state index in [0.29, 0.717) is 22.9 Å². The summed E-state index contributed by atoms with van der Waals surface area (Å²) in [4.78, 5) is 11.3. The second kappa shape index (κ2) is 6.94. The Morgan fingerprint density at radius 1 is 1.36 bits per heavy atom. The monoisotopic (exact) mass is 359 g/mol. The number of hydrogen-bond donors (Lipinski definition) is 1. The molecule has 0 fully saturated rings. The molecule has 5 nitrogen and oxygen atoms in total. The Morgan fingerprint density at radius 3 is 2.88 bits per heavy atom. The zero-order chi connectivity index (χ0) is 18.0. The minimum Gasteiger partial charge on any atom is -0.466 e. The fraction of sp³-hybridized carbons (Fsp3) is 0.111. The van der Waals surface area contributed by atoms with E-state index in [1.54, 1.807) is 29.0 Å². The fourth-order valence-electron chi connectivity index (χ4n) is 2.49. The zero-order valence-corrected chi connectivity index (χ0v) is 14.1. The number of nitrogens with zero attached hydrogens (tertiary/aromatic N) is 2. The average molecular weight is 360 g/mol. The number of halogens is 2. The van der Waals surface area contributed by atoms with Crippen molar-refractivity contribution < 1.29 is 13.9 Å². The van der Waals surface area contributed by atoms with E-state index in [4.69, 9.17) is 17.3 Å². The summed E-state index contributed by atoms with van der Waals surface area (Å²) < 4.78 is 19.5. The highest BCUT2D eigenvalue weighted by Gasteiger charge is 2.12. The summed E-state index contributed by atoms with van der Waals surface area (Å²) >= 11 is 6.11. The highest BCUT2D eigenvalue weighted by molar-refractivity contribution is 6.31. The zero-order valence-electron chi connectivity index (χ0n) is 13.4. The molecule has 0 aliphatic carbocycles. The predicted molar refractivity (Wildman–Crippen MR) is 95.7 cm³/mol. The lowest BCUT2D eigenvalue weighted by Gasteiger charge is -2.06. The summed E-state index contributed by atoms with van der Waals surface area (Å²) in [6.07, 6.45) is 2.88. The lowest BCUT2D eigenvalue weighted by atomic mass is 10.1. The summed E-state index contributed by atoms with van der Waals surface area (Å²) in [7, 11) is 1.31. The maximum absolute atomic E-state index is 13.2. The van der Waals surface area contributed by atoms with Crippen LogP contribution in [0.2, 0.25) is 5.02 Å². The molecule has 0 radical (unpaired) electrons. The van der Waals surface area contributed by atoms with Crippen LogP contribution in [0.4, 0.5) is 10.1 Å². The molecule has 1 aromatic heterocycles. The minimum absolute atomic E-state index is 0.319. The number of rotatable bonds is 4. The molecule has 0 saturated heterocycles. The predicted octanol–water partition coefficient (Wildman–Crippen LogP) is 3.65. The normalized spacial score (nSPS) is 11.3. The molecular weight excluding hydrogens is 345 g/mol. The Labute approximate surface area is 148 Å². The number of methoxy groups -OCH3 is 1. The number of carbonyl (C=O) groups excluding carboxylic acids is 1. The van der Waals surface area contributed by atoms with E-state index in [0.717, 1.165) is 16.5 Å². The third kappa shape index (κ3) is 3.64. The third-order valence-corrected chi connectivity index (χ3v) is 4.07. The second-order valence-corrected chi connectivity index (χ2v) is 5.82. The van der Waals surface area contributed by atoms with Gasteiger partial charge in [0.25, 0.3) is 0 Å². The van der Waals surface area contributed by atoms with Crippen LogP contribution in [0.3, 0.4) is 0 Å². The summed E-state index contributed by atoms with van der Waals surface area (Å²) in [5, 5.41) is 5.65. The van der Waals surface area contributed by atoms with E-state index in [9.17, 15) is 9.18 Å². The van der Waals surface area contributed by atoms with Gasteiger partial charge in [-0.15, -0.1) is 0 Å². The van der Waals surface area contributed by atoms with Crippen LogP contribution in [-0.4, -0.2) is 22.9 Å². The molecule has 1 heterocycles. The molecule has 128 valence electrons. The first kappa shape index (κ1) is 17.0. The first-order chi connectivity index (χ1) is 12.0. The Balaban J connectivity index is 2.06. The maximum Gasteiger partial charge on any atom is 0.330 e. The Morgan fingerprint density at radius 2 is 2.16 bits per heavy atom. The van der Waals surface area contributed by atoms with E-state index in [1.807, 2.05) is 6.07 Å². The van der Waals surface area contributed by atoms with Gasteiger partial charge in [0.05, 0.1) is 24.9 Å². The van der Waals surface area contributed by atoms with Crippen LogP contribution in [0.25, 0.3) is 17.0 Å². The number of benzene rings is 2. The van der Waals surface area contributed by atoms with E-state index in [2.05, 4.69) is 9.84 Å². The van der Waals surface area contributed by atoms with Gasteiger partial charge < -0.3 is 10.5 Å². The first-order valence-corrected chi connectivity index (χ1v) is 7.81. The molecule has 7 heteroatoms. The van der Waals surface area contributed by atoms with Crippen LogP contribution >= 0.6 is 11.6 Å². The number of fused-ring (bicyclic) bond motifs is 1. The molecule has 0 atom stereocenters. The van der Waals surface area contributed by atoms with Gasteiger partial charge in [-0.2, -0.15) is 5.10 Å². The van der Waals surface area contributed by atoms with Crippen molar-refractivity contribution >= 4 is 40.2 Å². The SMILES string of the molecule is COC(=O)C=Cc1nn(Cc2ccc(F)cc2Cl)c2cc(N)ccc12. The number of nitrogens with two attached hydrogens (primary N) is 1. The lowest BCUT2D eigenvalue weighted by molar-refractivity contribution is -0.134. The van der Waals surface area contributed by atoms with Gasteiger partial charge in [-0.1, -0.05) is 17.7 Å². The topological polar surface area (TPSA) is 70.1 Å². The van der Waals surface area contributed by atoms with Crippen LogP contribution in [0.15, 0.2) is 42.5 Å². The van der Waals surface area contributed by atoms with Crippen molar-refractivity contribution in [3.63, 3.8) is 0 Å². The van der Waals surface area contributed by atoms with Crippen molar-refractivity contribution in [3.8, 4) is 0 Å². The standard InChI is InChI=1S/C18H15ClFN3O2/c1-25-18(24)7-6-16-14-5-4-13(21)9-17(14)23(22-16)10-11-2-3-12(20)8-15(11)19/h2-9H,10,21H2,1H3. The molecule has 0 spiro atoms. The van der Waals surface area contributed by atoms with Gasteiger partial charge in [0.1, 0.15) is 5.82 Å². The van der Waals surface area contributed by atoms with E-state index < -0.39 is 11.8 Å². The lowest BCUT2D eigenvalue weighted by Crippen LogP contribution is -2.03. The van der Waals surface area contributed by atoms with Crippen molar-refractivity contribution in [2.24, 2.45) is 0 Å². The number of nitrogen functional groups attached to an aromatic ring is 1. The fourth-order valence-corrected chi connectivity index (χ4v) is 2.71. The van der Waals surface area contributed by atoms with Gasteiger partial charge in [-0.05, 0) is 42.0 Å². The molecule has 25 heavy (non-hydrogen) atoms. The average Bonchev–Trinajstić information content (AvgIpc) is 2.92. The van der Waals surface area contributed by atoms with E-state index in [1.165, 1.54) is 25.3 Å². The quantitative estimate of drug-likeness (QED) is 0.438. The molecule has 3 aromatic rings. The smallest absolute Gasteiger partial charge is 0.330 e. The van der Waals surface area contributed by atoms with Gasteiger partial charge in [-0.3, -0.25) is 4.68 Å². The second-order valence-electron chi connectivity index (χ2n) is 5.41. The van der Waals surface area contributed by atoms with Crippen molar-refractivity contribution in [2.75, 3.05) is 12.8 Å². The van der Waals surface area contributed by atoms with Gasteiger partial charge in [-0.25, -0.2) is 9.18 Å². The number of carbonyl (C=O) groups is 1. The molecular formula is C18H15ClFN3O2. The van der Waals surface area contributed by atoms with Crippen molar-refractivity contribution in [1.29, 1.82) is 0 Å². The molecule has 3 rings (SSSR count). The van der Waals surface area contributed by atoms with E-state index in [-0.39, 0.29) is 0 Å². The third-order valence-electron chi connectivity index (χ3n) is 3.72. The van der Waals surface area contributed by atoms with Gasteiger partial charge in [0, 0.05) is 22.2 Å². The van der Waals surface area contributed by atoms with Crippen LogP contribution in [0.5, 0.6) is 0 Å². The van der Waals surface area contributed by atoms with Crippen molar-refractivity contribution in [2.45, 2.75) is 6.54 Å². The largest absolute Gasteiger partial charge is 0.466 e. The molecule has 0 aliphatic rings. The van der Waals surface area contributed by atoms with Crippen molar-refractivity contribution in [1.82, 2.24) is 9.78 Å². The number of aromatic nitrogens is 2. The molecule has 2 aromatic carbocycles. The molecule has 0 unspecified atom stereocenters. The summed E-state index contributed by atoms with van der Waals surface area (Å²) in [5.74, 6) is -0.871. The molecule has 0 aliphatic heterocycles. The minimum atomic E-state index is -0.472. The Bertz CT molecular complexity index is 982. The number of anilines is 1. The number of hydrogen-bond acceptors (Lipinski definition) is 4. The maximum atomic E-state index is 13.2. The highest BCUT2D eigenvalue weighted by atomic mass is 35.5. The summed E-state index contributed by atoms with van der Waals surface area (Å²) in [6.45, 7) is 0.338. The van der Waals surface area contributed by atoms with Crippen LogP contribution in [0.1, 0.15) is 11.3 Å². The summed E-state index contributed by atoms with van der Waals surface area (Å²) in [5.41, 5.74) is 8.56. The van der Waals surface area contributed by atoms with Gasteiger partial charge >= 0.3 is 5.97 Å². The Kier molecular flexibility index (Phi) is 4.72. The van der Waals surface area contributed by atoms with Crippen LogP contribution in [-0.2, 0) is 16.1 Å². The molecule has 0 bridgehead atoms. The Hall–Kier alpha value is -2.86. The first-order valence-electron chi connectivity index (χ1n) is 7.44. The molecule has 2 N–H and O–H groups in total.